The maximum atomic E-state index is 11.4. The lowest BCUT2D eigenvalue weighted by atomic mass is 10.2. The average molecular weight is 304 g/mol. The van der Waals surface area contributed by atoms with E-state index in [0.29, 0.717) is 12.3 Å². The van der Waals surface area contributed by atoms with Crippen molar-refractivity contribution in [3.05, 3.63) is 54.1 Å². The first-order chi connectivity index (χ1) is 10.2. The highest BCUT2D eigenvalue weighted by Crippen LogP contribution is 2.24. The lowest BCUT2D eigenvalue weighted by Crippen LogP contribution is -2.11. The summed E-state index contributed by atoms with van der Waals surface area (Å²) in [4.78, 5) is 11.4. The molecular weight excluding hydrogens is 286 g/mol. The lowest BCUT2D eigenvalue weighted by Gasteiger charge is -2.08. The summed E-state index contributed by atoms with van der Waals surface area (Å²) < 4.78 is 5.79. The number of hydrogen-bond donors (Lipinski definition) is 1. The standard InChI is InChI=1S/C17H18ClNO2/c1-2-13-4-3-5-16(12-13)21-15-8-6-14(7-9-15)19-17(20)10-11-18/h3-9,12H,2,10-11H2,1H3,(H,19,20). The Labute approximate surface area is 129 Å². The van der Waals surface area contributed by atoms with Gasteiger partial charge in [-0.05, 0) is 48.4 Å². The fourth-order valence-electron chi connectivity index (χ4n) is 1.88. The van der Waals surface area contributed by atoms with E-state index in [1.165, 1.54) is 5.56 Å². The molecule has 1 amide bonds. The Morgan fingerprint density at radius 2 is 1.90 bits per heavy atom. The van der Waals surface area contributed by atoms with Gasteiger partial charge in [-0.2, -0.15) is 0 Å². The third-order valence-electron chi connectivity index (χ3n) is 3.00. The molecule has 0 bridgehead atoms. The van der Waals surface area contributed by atoms with Crippen LogP contribution in [0.1, 0.15) is 18.9 Å². The van der Waals surface area contributed by atoms with Crippen LogP contribution in [0.4, 0.5) is 5.69 Å². The Kier molecular flexibility index (Phi) is 5.64. The summed E-state index contributed by atoms with van der Waals surface area (Å²) in [6.07, 6.45) is 1.28. The number of nitrogens with one attached hydrogen (secondary N) is 1. The van der Waals surface area contributed by atoms with Gasteiger partial charge >= 0.3 is 0 Å². The number of carbonyl (C=O) groups excluding carboxylic acids is 1. The topological polar surface area (TPSA) is 38.3 Å². The summed E-state index contributed by atoms with van der Waals surface area (Å²) in [7, 11) is 0. The molecule has 0 unspecified atom stereocenters. The largest absolute Gasteiger partial charge is 0.457 e. The van der Waals surface area contributed by atoms with Crippen molar-refractivity contribution in [1.82, 2.24) is 0 Å². The number of aryl methyl sites for hydroxylation is 1. The van der Waals surface area contributed by atoms with Crippen LogP contribution < -0.4 is 10.1 Å². The van der Waals surface area contributed by atoms with E-state index in [1.54, 1.807) is 0 Å². The molecule has 3 nitrogen and oxygen atoms in total. The normalized spacial score (nSPS) is 10.2. The molecule has 0 saturated heterocycles. The first-order valence-electron chi connectivity index (χ1n) is 6.94. The molecule has 4 heteroatoms. The Bertz CT molecular complexity index is 596. The van der Waals surface area contributed by atoms with Crippen molar-refractivity contribution in [2.75, 3.05) is 11.2 Å². The van der Waals surface area contributed by atoms with Gasteiger partial charge in [-0.15, -0.1) is 11.6 Å². The van der Waals surface area contributed by atoms with Gasteiger partial charge < -0.3 is 10.1 Å². The van der Waals surface area contributed by atoms with E-state index in [9.17, 15) is 4.79 Å². The van der Waals surface area contributed by atoms with E-state index in [0.717, 1.165) is 23.6 Å². The van der Waals surface area contributed by atoms with Crippen molar-refractivity contribution in [1.29, 1.82) is 0 Å². The highest BCUT2D eigenvalue weighted by molar-refractivity contribution is 6.19. The fourth-order valence-corrected chi connectivity index (χ4v) is 2.05. The molecule has 110 valence electrons. The third kappa shape index (κ3) is 4.80. The van der Waals surface area contributed by atoms with Gasteiger partial charge in [0.25, 0.3) is 0 Å². The first-order valence-corrected chi connectivity index (χ1v) is 7.47. The van der Waals surface area contributed by atoms with Crippen LogP contribution in [-0.2, 0) is 11.2 Å². The van der Waals surface area contributed by atoms with Gasteiger partial charge in [0, 0.05) is 18.0 Å². The molecule has 2 aromatic rings. The average Bonchev–Trinajstić information content (AvgIpc) is 2.50. The van der Waals surface area contributed by atoms with E-state index in [-0.39, 0.29) is 5.91 Å². The monoisotopic (exact) mass is 303 g/mol. The second kappa shape index (κ2) is 7.70. The van der Waals surface area contributed by atoms with Gasteiger partial charge in [0.15, 0.2) is 0 Å². The Morgan fingerprint density at radius 1 is 1.14 bits per heavy atom. The van der Waals surface area contributed by atoms with Gasteiger partial charge in [0.1, 0.15) is 11.5 Å². The van der Waals surface area contributed by atoms with Crippen molar-refractivity contribution >= 4 is 23.2 Å². The van der Waals surface area contributed by atoms with E-state index < -0.39 is 0 Å². The zero-order valence-electron chi connectivity index (χ0n) is 11.9. The van der Waals surface area contributed by atoms with Crippen LogP contribution in [0.5, 0.6) is 11.5 Å². The second-order valence-electron chi connectivity index (χ2n) is 4.61. The van der Waals surface area contributed by atoms with E-state index in [1.807, 2.05) is 42.5 Å². The number of ether oxygens (including phenoxy) is 1. The summed E-state index contributed by atoms with van der Waals surface area (Å²) in [5, 5.41) is 2.77. The van der Waals surface area contributed by atoms with Crippen molar-refractivity contribution in [3.63, 3.8) is 0 Å². The summed E-state index contributed by atoms with van der Waals surface area (Å²) in [5.41, 5.74) is 1.97. The van der Waals surface area contributed by atoms with Gasteiger partial charge in [-0.1, -0.05) is 19.1 Å². The van der Waals surface area contributed by atoms with E-state index in [4.69, 9.17) is 16.3 Å². The molecule has 2 aromatic carbocycles. The molecule has 0 aliphatic carbocycles. The lowest BCUT2D eigenvalue weighted by molar-refractivity contribution is -0.115. The molecule has 0 saturated carbocycles. The SMILES string of the molecule is CCc1cccc(Oc2ccc(NC(=O)CCCl)cc2)c1. The molecule has 1 N–H and O–H groups in total. The van der Waals surface area contributed by atoms with E-state index >= 15 is 0 Å². The van der Waals surface area contributed by atoms with Crippen molar-refractivity contribution < 1.29 is 9.53 Å². The minimum atomic E-state index is -0.0886. The van der Waals surface area contributed by atoms with Crippen LogP contribution in [-0.4, -0.2) is 11.8 Å². The Hall–Kier alpha value is -2.00. The quantitative estimate of drug-likeness (QED) is 0.791. The molecular formula is C17H18ClNO2. The smallest absolute Gasteiger partial charge is 0.225 e. The summed E-state index contributed by atoms with van der Waals surface area (Å²) >= 11 is 5.52. The highest BCUT2D eigenvalue weighted by Gasteiger charge is 2.02. The minimum Gasteiger partial charge on any atom is -0.457 e. The van der Waals surface area contributed by atoms with Gasteiger partial charge in [-0.3, -0.25) is 4.79 Å². The number of alkyl halides is 1. The molecule has 0 spiro atoms. The molecule has 0 aliphatic rings. The van der Waals surface area contributed by atoms with Gasteiger partial charge in [-0.25, -0.2) is 0 Å². The highest BCUT2D eigenvalue weighted by atomic mass is 35.5. The second-order valence-corrected chi connectivity index (χ2v) is 4.99. The number of amides is 1. The minimum absolute atomic E-state index is 0.0886. The maximum absolute atomic E-state index is 11.4. The van der Waals surface area contributed by atoms with Crippen LogP contribution in [0, 0.1) is 0 Å². The molecule has 21 heavy (non-hydrogen) atoms. The number of anilines is 1. The number of halogens is 1. The third-order valence-corrected chi connectivity index (χ3v) is 3.19. The van der Waals surface area contributed by atoms with Crippen LogP contribution in [0.3, 0.4) is 0 Å². The van der Waals surface area contributed by atoms with E-state index in [2.05, 4.69) is 18.3 Å². The van der Waals surface area contributed by atoms with Crippen molar-refractivity contribution in [2.45, 2.75) is 19.8 Å². The number of benzene rings is 2. The van der Waals surface area contributed by atoms with Crippen LogP contribution in [0.25, 0.3) is 0 Å². The number of carbonyl (C=O) groups is 1. The van der Waals surface area contributed by atoms with Crippen LogP contribution in [0.15, 0.2) is 48.5 Å². The molecule has 0 fully saturated rings. The predicted molar refractivity (Wildman–Crippen MR) is 86.3 cm³/mol. The maximum Gasteiger partial charge on any atom is 0.225 e. The van der Waals surface area contributed by atoms with Gasteiger partial charge in [0.05, 0.1) is 0 Å². The molecule has 0 aromatic heterocycles. The first kappa shape index (κ1) is 15.4. The molecule has 2 rings (SSSR count). The van der Waals surface area contributed by atoms with Crippen molar-refractivity contribution in [2.24, 2.45) is 0 Å². The Balaban J connectivity index is 2.00. The zero-order valence-corrected chi connectivity index (χ0v) is 12.7. The number of hydrogen-bond acceptors (Lipinski definition) is 2. The summed E-state index contributed by atoms with van der Waals surface area (Å²) in [6.45, 7) is 2.11. The zero-order chi connectivity index (χ0) is 15.1. The molecule has 0 aliphatic heterocycles. The summed E-state index contributed by atoms with van der Waals surface area (Å²) in [6, 6.07) is 15.3. The van der Waals surface area contributed by atoms with Crippen molar-refractivity contribution in [3.8, 4) is 11.5 Å². The number of rotatable bonds is 6. The molecule has 0 radical (unpaired) electrons. The Morgan fingerprint density at radius 3 is 2.57 bits per heavy atom. The molecule has 0 atom stereocenters. The predicted octanol–water partition coefficient (Wildman–Crippen LogP) is 4.61. The van der Waals surface area contributed by atoms with Crippen LogP contribution in [0.2, 0.25) is 0 Å². The fraction of sp³-hybridized carbons (Fsp3) is 0.235. The molecule has 0 heterocycles. The van der Waals surface area contributed by atoms with Crippen LogP contribution >= 0.6 is 11.6 Å². The van der Waals surface area contributed by atoms with Gasteiger partial charge in [0.2, 0.25) is 5.91 Å². The summed E-state index contributed by atoms with van der Waals surface area (Å²) in [5.74, 6) is 1.78.